The topological polar surface area (TPSA) is 47.6 Å². The number of hydrogen-bond donors (Lipinski definition) is 1. The molecule has 0 atom stereocenters. The van der Waals surface area contributed by atoms with Gasteiger partial charge in [-0.1, -0.05) is 37.1 Å². The lowest BCUT2D eigenvalue weighted by Crippen LogP contribution is -2.20. The second-order valence-electron chi connectivity index (χ2n) is 6.66. The fraction of sp³-hybridized carbons (Fsp3) is 0.286. The minimum absolute atomic E-state index is 0.0139. The first-order valence-corrected chi connectivity index (χ1v) is 8.87. The molecule has 1 saturated carbocycles. The Morgan fingerprint density at radius 1 is 1.00 bits per heavy atom. The van der Waals surface area contributed by atoms with Gasteiger partial charge in [0.15, 0.2) is 11.5 Å². The van der Waals surface area contributed by atoms with Gasteiger partial charge in [0.2, 0.25) is 12.7 Å². The average molecular weight is 353 g/mol. The zero-order valence-electron chi connectivity index (χ0n) is 14.3. The van der Waals surface area contributed by atoms with E-state index in [2.05, 4.69) is 5.32 Å². The van der Waals surface area contributed by atoms with E-state index in [9.17, 15) is 9.18 Å². The summed E-state index contributed by atoms with van der Waals surface area (Å²) in [6, 6.07) is 10.5. The molecular formula is C21H20FNO3. The van der Waals surface area contributed by atoms with Gasteiger partial charge in [0, 0.05) is 5.92 Å². The van der Waals surface area contributed by atoms with Crippen LogP contribution < -0.4 is 14.8 Å². The average Bonchev–Trinajstić information content (AvgIpc) is 3.33. The van der Waals surface area contributed by atoms with E-state index in [0.29, 0.717) is 5.75 Å². The molecular weight excluding hydrogens is 333 g/mol. The lowest BCUT2D eigenvalue weighted by Gasteiger charge is -2.11. The zero-order valence-corrected chi connectivity index (χ0v) is 14.3. The van der Waals surface area contributed by atoms with Gasteiger partial charge in [-0.3, -0.25) is 4.79 Å². The zero-order chi connectivity index (χ0) is 17.9. The smallest absolute Gasteiger partial charge is 0.231 e. The molecule has 0 saturated heterocycles. The van der Waals surface area contributed by atoms with Crippen LogP contribution in [0, 0.1) is 11.7 Å². The van der Waals surface area contributed by atoms with Crippen molar-refractivity contribution < 1.29 is 18.7 Å². The van der Waals surface area contributed by atoms with Gasteiger partial charge in [-0.15, -0.1) is 0 Å². The summed E-state index contributed by atoms with van der Waals surface area (Å²) >= 11 is 0. The first kappa shape index (κ1) is 16.6. The summed E-state index contributed by atoms with van der Waals surface area (Å²) in [5, 5.41) is 2.71. The molecule has 5 heteroatoms. The summed E-state index contributed by atoms with van der Waals surface area (Å²) in [4.78, 5) is 12.1. The number of halogens is 1. The van der Waals surface area contributed by atoms with Crippen LogP contribution in [0.4, 0.5) is 10.1 Å². The molecule has 0 unspecified atom stereocenters. The predicted octanol–water partition coefficient (Wildman–Crippen LogP) is 4.85. The highest BCUT2D eigenvalue weighted by molar-refractivity contribution is 5.93. The summed E-state index contributed by atoms with van der Waals surface area (Å²) < 4.78 is 24.9. The molecule has 26 heavy (non-hydrogen) atoms. The molecule has 0 radical (unpaired) electrons. The van der Waals surface area contributed by atoms with E-state index < -0.39 is 5.82 Å². The summed E-state index contributed by atoms with van der Waals surface area (Å²) in [5.41, 5.74) is 1.90. The molecule has 0 aromatic heterocycles. The van der Waals surface area contributed by atoms with Crippen molar-refractivity contribution in [3.63, 3.8) is 0 Å². The van der Waals surface area contributed by atoms with Crippen molar-refractivity contribution in [3.8, 4) is 11.5 Å². The molecule has 2 aromatic carbocycles. The second-order valence-corrected chi connectivity index (χ2v) is 6.66. The molecule has 134 valence electrons. The number of benzene rings is 2. The van der Waals surface area contributed by atoms with Crippen LogP contribution in [0.1, 0.15) is 36.8 Å². The highest BCUT2D eigenvalue weighted by Gasteiger charge is 2.23. The number of carbonyl (C=O) groups excluding carboxylic acids is 1. The van der Waals surface area contributed by atoms with Gasteiger partial charge in [-0.2, -0.15) is 0 Å². The Kier molecular flexibility index (Phi) is 4.61. The molecule has 2 aliphatic rings. The van der Waals surface area contributed by atoms with E-state index in [1.165, 1.54) is 6.07 Å². The number of rotatable bonds is 4. The Morgan fingerprint density at radius 3 is 2.46 bits per heavy atom. The molecule has 2 aromatic rings. The van der Waals surface area contributed by atoms with Crippen LogP contribution in [0.25, 0.3) is 12.2 Å². The van der Waals surface area contributed by atoms with Gasteiger partial charge in [0.1, 0.15) is 5.82 Å². The maximum Gasteiger partial charge on any atom is 0.231 e. The predicted molar refractivity (Wildman–Crippen MR) is 98.5 cm³/mol. The van der Waals surface area contributed by atoms with Gasteiger partial charge in [-0.25, -0.2) is 4.39 Å². The van der Waals surface area contributed by atoms with E-state index in [1.807, 2.05) is 30.4 Å². The van der Waals surface area contributed by atoms with Crippen molar-refractivity contribution in [2.24, 2.45) is 5.92 Å². The standard InChI is InChI=1S/C21H20FNO3/c22-17-11-14(5-6-15-8-10-19-20(12-15)26-13-25-19)7-9-18(17)23-21(24)16-3-1-2-4-16/h5-12,16H,1-4,13H2,(H,23,24)/b6-5+. The van der Waals surface area contributed by atoms with Crippen LogP contribution in [0.2, 0.25) is 0 Å². The summed E-state index contributed by atoms with van der Waals surface area (Å²) in [6.45, 7) is 0.238. The largest absolute Gasteiger partial charge is 0.454 e. The van der Waals surface area contributed by atoms with E-state index in [4.69, 9.17) is 9.47 Å². The quantitative estimate of drug-likeness (QED) is 0.799. The van der Waals surface area contributed by atoms with Crippen LogP contribution >= 0.6 is 0 Å². The number of anilines is 1. The third-order valence-electron chi connectivity index (χ3n) is 4.84. The molecule has 1 fully saturated rings. The Hall–Kier alpha value is -2.82. The van der Waals surface area contributed by atoms with Crippen molar-refractivity contribution in [3.05, 3.63) is 53.3 Å². The lowest BCUT2D eigenvalue weighted by molar-refractivity contribution is -0.119. The van der Waals surface area contributed by atoms with Crippen molar-refractivity contribution >= 4 is 23.7 Å². The van der Waals surface area contributed by atoms with Crippen molar-refractivity contribution in [1.82, 2.24) is 0 Å². The number of carbonyl (C=O) groups is 1. The minimum atomic E-state index is -0.427. The second kappa shape index (κ2) is 7.20. The van der Waals surface area contributed by atoms with Gasteiger partial charge in [-0.05, 0) is 48.2 Å². The fourth-order valence-electron chi connectivity index (χ4n) is 3.37. The highest BCUT2D eigenvalue weighted by atomic mass is 19.1. The van der Waals surface area contributed by atoms with Gasteiger partial charge in [0.25, 0.3) is 0 Å². The van der Waals surface area contributed by atoms with Crippen LogP contribution in [-0.2, 0) is 4.79 Å². The molecule has 4 rings (SSSR count). The Balaban J connectivity index is 1.44. The Labute approximate surface area is 151 Å². The SMILES string of the molecule is O=C(Nc1ccc(/C=C/c2ccc3c(c2)OCO3)cc1F)C1CCCC1. The molecule has 1 aliphatic heterocycles. The van der Waals surface area contributed by atoms with Gasteiger partial charge in [0.05, 0.1) is 5.69 Å². The van der Waals surface area contributed by atoms with E-state index in [0.717, 1.165) is 42.6 Å². The molecule has 1 N–H and O–H groups in total. The number of fused-ring (bicyclic) bond motifs is 1. The van der Waals surface area contributed by atoms with E-state index in [1.54, 1.807) is 12.1 Å². The number of nitrogens with one attached hydrogen (secondary N) is 1. The van der Waals surface area contributed by atoms with Crippen LogP contribution in [-0.4, -0.2) is 12.7 Å². The Bertz CT molecular complexity index is 856. The van der Waals surface area contributed by atoms with E-state index in [-0.39, 0.29) is 24.3 Å². The lowest BCUT2D eigenvalue weighted by atomic mass is 10.1. The maximum absolute atomic E-state index is 14.3. The molecule has 0 bridgehead atoms. The number of amides is 1. The van der Waals surface area contributed by atoms with Gasteiger partial charge >= 0.3 is 0 Å². The van der Waals surface area contributed by atoms with Crippen LogP contribution in [0.3, 0.4) is 0 Å². The molecule has 1 amide bonds. The fourth-order valence-corrected chi connectivity index (χ4v) is 3.37. The summed E-state index contributed by atoms with van der Waals surface area (Å²) in [7, 11) is 0. The van der Waals surface area contributed by atoms with Gasteiger partial charge < -0.3 is 14.8 Å². The Morgan fingerprint density at radius 2 is 1.69 bits per heavy atom. The summed E-state index contributed by atoms with van der Waals surface area (Å²) in [5.74, 6) is 0.952. The molecule has 4 nitrogen and oxygen atoms in total. The van der Waals surface area contributed by atoms with Crippen molar-refractivity contribution in [2.75, 3.05) is 12.1 Å². The normalized spacial score (nSPS) is 16.3. The molecule has 0 spiro atoms. The maximum atomic E-state index is 14.3. The number of hydrogen-bond acceptors (Lipinski definition) is 3. The highest BCUT2D eigenvalue weighted by Crippen LogP contribution is 2.33. The third kappa shape index (κ3) is 3.57. The number of ether oxygens (including phenoxy) is 2. The van der Waals surface area contributed by atoms with Crippen molar-refractivity contribution in [1.29, 1.82) is 0 Å². The third-order valence-corrected chi connectivity index (χ3v) is 4.84. The monoisotopic (exact) mass is 353 g/mol. The molecule has 1 aliphatic carbocycles. The van der Waals surface area contributed by atoms with Crippen LogP contribution in [0.15, 0.2) is 36.4 Å². The minimum Gasteiger partial charge on any atom is -0.454 e. The van der Waals surface area contributed by atoms with Crippen LogP contribution in [0.5, 0.6) is 11.5 Å². The van der Waals surface area contributed by atoms with E-state index >= 15 is 0 Å². The molecule has 1 heterocycles. The van der Waals surface area contributed by atoms with Crippen molar-refractivity contribution in [2.45, 2.75) is 25.7 Å². The first-order chi connectivity index (χ1) is 12.7. The first-order valence-electron chi connectivity index (χ1n) is 8.87. The summed E-state index contributed by atoms with van der Waals surface area (Å²) in [6.07, 6.45) is 7.64.